The summed E-state index contributed by atoms with van der Waals surface area (Å²) in [6.07, 6.45) is -3.68. The number of amides is 2. The minimum Gasteiger partial charge on any atom is -0.406 e. The van der Waals surface area contributed by atoms with Crippen molar-refractivity contribution in [3.63, 3.8) is 0 Å². The highest BCUT2D eigenvalue weighted by Gasteiger charge is 2.31. The number of carbonyl (C=O) groups is 2. The molecule has 6 nitrogen and oxygen atoms in total. The van der Waals surface area contributed by atoms with Gasteiger partial charge in [0, 0.05) is 24.6 Å². The van der Waals surface area contributed by atoms with Crippen LogP contribution in [0.2, 0.25) is 0 Å². The van der Waals surface area contributed by atoms with Crippen molar-refractivity contribution < 1.29 is 27.5 Å². The zero-order chi connectivity index (χ0) is 20.5. The van der Waals surface area contributed by atoms with E-state index in [0.717, 1.165) is 0 Å². The molecule has 1 fully saturated rings. The molecule has 2 N–H and O–H groups in total. The quantitative estimate of drug-likeness (QED) is 0.833. The number of aromatic nitrogens is 1. The Labute approximate surface area is 163 Å². The number of piperidine rings is 1. The average Bonchev–Trinajstić information content (AvgIpc) is 3.02. The van der Waals surface area contributed by atoms with Crippen LogP contribution in [0.15, 0.2) is 24.3 Å². The van der Waals surface area contributed by atoms with Gasteiger partial charge < -0.3 is 15.4 Å². The highest BCUT2D eigenvalue weighted by Crippen LogP contribution is 2.32. The number of thiazole rings is 1. The third-order valence-corrected chi connectivity index (χ3v) is 5.70. The molecule has 0 aliphatic carbocycles. The number of nitrogens with two attached hydrogens (primary N) is 1. The summed E-state index contributed by atoms with van der Waals surface area (Å²) in [5.41, 5.74) is 6.46. The second kappa shape index (κ2) is 7.78. The smallest absolute Gasteiger partial charge is 0.406 e. The largest absolute Gasteiger partial charge is 0.573 e. The van der Waals surface area contributed by atoms with Crippen LogP contribution >= 0.6 is 11.3 Å². The van der Waals surface area contributed by atoms with Crippen molar-refractivity contribution in [2.75, 3.05) is 13.1 Å². The van der Waals surface area contributed by atoms with Crippen LogP contribution in [0.1, 0.15) is 28.2 Å². The number of aryl methyl sites for hydroxylation is 1. The maximum Gasteiger partial charge on any atom is 0.573 e. The van der Waals surface area contributed by atoms with Crippen molar-refractivity contribution in [2.24, 2.45) is 11.7 Å². The number of primary amides is 1. The van der Waals surface area contributed by atoms with Crippen molar-refractivity contribution in [1.29, 1.82) is 0 Å². The number of nitrogens with zero attached hydrogens (tertiary/aromatic N) is 2. The zero-order valence-electron chi connectivity index (χ0n) is 15.0. The van der Waals surface area contributed by atoms with E-state index in [9.17, 15) is 22.8 Å². The summed E-state index contributed by atoms with van der Waals surface area (Å²) in [4.78, 5) is 30.6. The molecule has 0 bridgehead atoms. The number of halogens is 3. The minimum atomic E-state index is -4.75. The number of benzene rings is 1. The molecule has 150 valence electrons. The number of hydrogen-bond donors (Lipinski definition) is 1. The third kappa shape index (κ3) is 4.61. The van der Waals surface area contributed by atoms with Crippen LogP contribution < -0.4 is 10.5 Å². The van der Waals surface area contributed by atoms with Gasteiger partial charge in [0.25, 0.3) is 5.91 Å². The molecule has 1 aliphatic heterocycles. The lowest BCUT2D eigenvalue weighted by Crippen LogP contribution is -2.41. The molecule has 1 aromatic heterocycles. The molecular weight excluding hydrogens is 395 g/mol. The van der Waals surface area contributed by atoms with Crippen LogP contribution in [0.4, 0.5) is 13.2 Å². The van der Waals surface area contributed by atoms with E-state index in [2.05, 4.69) is 9.72 Å². The first-order valence-electron chi connectivity index (χ1n) is 8.56. The Kier molecular flexibility index (Phi) is 5.59. The summed E-state index contributed by atoms with van der Waals surface area (Å²) >= 11 is 1.18. The molecule has 0 spiro atoms. The molecular formula is C18H18F3N3O3S. The standard InChI is InChI=1S/C18H18F3N3O3S/c1-10-14(17(26)24-8-6-11(7-9-24)15(22)25)28-16(23-10)12-2-4-13(5-3-12)27-18(19,20)21/h2-5,11H,6-9H2,1H3,(H2,22,25). The van der Waals surface area contributed by atoms with Crippen molar-refractivity contribution in [3.8, 4) is 16.3 Å². The Morgan fingerprint density at radius 1 is 1.21 bits per heavy atom. The molecule has 2 amide bonds. The maximum absolute atomic E-state index is 12.8. The molecule has 1 saturated heterocycles. The molecule has 2 aromatic rings. The van der Waals surface area contributed by atoms with Gasteiger partial charge in [0.1, 0.15) is 15.6 Å². The van der Waals surface area contributed by atoms with Gasteiger partial charge in [-0.25, -0.2) is 4.98 Å². The fraction of sp³-hybridized carbons (Fsp3) is 0.389. The van der Waals surface area contributed by atoms with Gasteiger partial charge in [0.05, 0.1) is 5.69 Å². The molecule has 0 saturated carbocycles. The first kappa shape index (κ1) is 20.1. The number of likely N-dealkylation sites (tertiary alicyclic amines) is 1. The lowest BCUT2D eigenvalue weighted by Gasteiger charge is -2.30. The van der Waals surface area contributed by atoms with Crippen molar-refractivity contribution in [1.82, 2.24) is 9.88 Å². The Bertz CT molecular complexity index is 872. The number of hydrogen-bond acceptors (Lipinski definition) is 5. The average molecular weight is 413 g/mol. The van der Waals surface area contributed by atoms with Crippen molar-refractivity contribution in [2.45, 2.75) is 26.1 Å². The SMILES string of the molecule is Cc1nc(-c2ccc(OC(F)(F)F)cc2)sc1C(=O)N1CCC(C(N)=O)CC1. The number of alkyl halides is 3. The highest BCUT2D eigenvalue weighted by atomic mass is 32.1. The Hall–Kier alpha value is -2.62. The summed E-state index contributed by atoms with van der Waals surface area (Å²) in [6, 6.07) is 5.34. The van der Waals surface area contributed by atoms with E-state index in [1.54, 1.807) is 11.8 Å². The fourth-order valence-corrected chi connectivity index (χ4v) is 4.07. The fourth-order valence-electron chi connectivity index (χ4n) is 3.03. The molecule has 0 radical (unpaired) electrons. The van der Waals surface area contributed by atoms with E-state index in [-0.39, 0.29) is 23.5 Å². The van der Waals surface area contributed by atoms with Crippen LogP contribution in [0, 0.1) is 12.8 Å². The molecule has 0 atom stereocenters. The molecule has 1 aromatic carbocycles. The predicted octanol–water partition coefficient (Wildman–Crippen LogP) is 3.35. The summed E-state index contributed by atoms with van der Waals surface area (Å²) in [7, 11) is 0. The number of rotatable bonds is 4. The van der Waals surface area contributed by atoms with Gasteiger partial charge in [-0.05, 0) is 44.0 Å². The molecule has 3 rings (SSSR count). The lowest BCUT2D eigenvalue weighted by molar-refractivity contribution is -0.274. The van der Waals surface area contributed by atoms with Gasteiger partial charge >= 0.3 is 6.36 Å². The molecule has 10 heteroatoms. The van der Waals surface area contributed by atoms with Gasteiger partial charge in [-0.1, -0.05) is 0 Å². The summed E-state index contributed by atoms with van der Waals surface area (Å²) < 4.78 is 40.6. The van der Waals surface area contributed by atoms with Gasteiger partial charge in [-0.15, -0.1) is 24.5 Å². The monoisotopic (exact) mass is 413 g/mol. The number of ether oxygens (including phenoxy) is 1. The normalized spacial score (nSPS) is 15.5. The topological polar surface area (TPSA) is 85.5 Å². The maximum atomic E-state index is 12.8. The lowest BCUT2D eigenvalue weighted by atomic mass is 9.96. The summed E-state index contributed by atoms with van der Waals surface area (Å²) in [6.45, 7) is 2.61. The molecule has 28 heavy (non-hydrogen) atoms. The van der Waals surface area contributed by atoms with Crippen molar-refractivity contribution >= 4 is 23.2 Å². The number of carbonyl (C=O) groups excluding carboxylic acids is 2. The summed E-state index contributed by atoms with van der Waals surface area (Å²) in [5.74, 6) is -1.04. The summed E-state index contributed by atoms with van der Waals surface area (Å²) in [5, 5.41) is 0.534. The van der Waals surface area contributed by atoms with E-state index in [1.807, 2.05) is 0 Å². The van der Waals surface area contributed by atoms with Gasteiger partial charge in [0.2, 0.25) is 5.91 Å². The molecule has 1 aliphatic rings. The van der Waals surface area contributed by atoms with E-state index >= 15 is 0 Å². The van der Waals surface area contributed by atoms with Crippen LogP contribution in [0.5, 0.6) is 5.75 Å². The highest BCUT2D eigenvalue weighted by molar-refractivity contribution is 7.17. The molecule has 0 unspecified atom stereocenters. The second-order valence-electron chi connectivity index (χ2n) is 6.47. The Morgan fingerprint density at radius 3 is 2.36 bits per heavy atom. The van der Waals surface area contributed by atoms with Gasteiger partial charge in [-0.3, -0.25) is 9.59 Å². The van der Waals surface area contributed by atoms with E-state index in [1.165, 1.54) is 35.6 Å². The Balaban J connectivity index is 1.72. The van der Waals surface area contributed by atoms with Crippen LogP contribution in [0.3, 0.4) is 0 Å². The molecule has 2 heterocycles. The first-order chi connectivity index (χ1) is 13.1. The van der Waals surface area contributed by atoms with Crippen LogP contribution in [-0.2, 0) is 4.79 Å². The Morgan fingerprint density at radius 2 is 1.82 bits per heavy atom. The van der Waals surface area contributed by atoms with Gasteiger partial charge in [0.15, 0.2) is 0 Å². The zero-order valence-corrected chi connectivity index (χ0v) is 15.8. The third-order valence-electron chi connectivity index (χ3n) is 4.51. The van der Waals surface area contributed by atoms with Crippen LogP contribution in [-0.4, -0.2) is 41.2 Å². The predicted molar refractivity (Wildman–Crippen MR) is 96.8 cm³/mol. The van der Waals surface area contributed by atoms with Crippen molar-refractivity contribution in [3.05, 3.63) is 34.8 Å². The van der Waals surface area contributed by atoms with E-state index < -0.39 is 6.36 Å². The van der Waals surface area contributed by atoms with Crippen LogP contribution in [0.25, 0.3) is 10.6 Å². The second-order valence-corrected chi connectivity index (χ2v) is 7.47. The van der Waals surface area contributed by atoms with Gasteiger partial charge in [-0.2, -0.15) is 0 Å². The first-order valence-corrected chi connectivity index (χ1v) is 9.38. The van der Waals surface area contributed by atoms with E-state index in [0.29, 0.717) is 47.1 Å². The minimum absolute atomic E-state index is 0.166. The van der Waals surface area contributed by atoms with E-state index in [4.69, 9.17) is 5.73 Å².